The number of carbonyl (C=O) groups is 1. The lowest BCUT2D eigenvalue weighted by Gasteiger charge is -2.36. The Hall–Kier alpha value is -1.75. The number of carbonyl (C=O) groups excluding carboxylic acids is 1. The van der Waals surface area contributed by atoms with E-state index in [4.69, 9.17) is 27.9 Å². The molecule has 2 heterocycles. The Balaban J connectivity index is 1.59. The van der Waals surface area contributed by atoms with Crippen molar-refractivity contribution >= 4 is 29.5 Å². The molecule has 36 heavy (non-hydrogen) atoms. The number of likely N-dealkylation sites (N-methyl/N-ethyl adjacent to an activating group) is 1. The maximum Gasteiger partial charge on any atom is 0.419 e. The molecule has 2 aromatic rings. The highest BCUT2D eigenvalue weighted by molar-refractivity contribution is 6.42. The van der Waals surface area contributed by atoms with Crippen LogP contribution in [0.15, 0.2) is 36.4 Å². The van der Waals surface area contributed by atoms with Crippen molar-refractivity contribution in [1.29, 1.82) is 0 Å². The van der Waals surface area contributed by atoms with E-state index in [-0.39, 0.29) is 18.5 Å². The molecule has 2 aromatic carbocycles. The van der Waals surface area contributed by atoms with Crippen molar-refractivity contribution in [3.8, 4) is 0 Å². The minimum atomic E-state index is -4.75. The van der Waals surface area contributed by atoms with Crippen molar-refractivity contribution in [2.24, 2.45) is 0 Å². The second kappa shape index (κ2) is 11.3. The highest BCUT2D eigenvalue weighted by Gasteiger charge is 2.41. The monoisotopic (exact) mass is 547 g/mol. The van der Waals surface area contributed by atoms with Gasteiger partial charge in [0, 0.05) is 44.7 Å². The molecular formula is C25H27Cl2F4N3O2. The molecule has 2 saturated heterocycles. The Morgan fingerprint density at radius 3 is 2.42 bits per heavy atom. The first-order valence-electron chi connectivity index (χ1n) is 11.6. The maximum absolute atomic E-state index is 14.2. The molecule has 196 valence electrons. The zero-order valence-electron chi connectivity index (χ0n) is 19.6. The van der Waals surface area contributed by atoms with Gasteiger partial charge in [-0.25, -0.2) is 4.39 Å². The fraction of sp³-hybridized carbons (Fsp3) is 0.480. The molecule has 3 atom stereocenters. The van der Waals surface area contributed by atoms with Crippen LogP contribution in [0.3, 0.4) is 0 Å². The fourth-order valence-electron chi connectivity index (χ4n) is 5.09. The summed E-state index contributed by atoms with van der Waals surface area (Å²) >= 11 is 12.4. The summed E-state index contributed by atoms with van der Waals surface area (Å²) in [6.45, 7) is 3.72. The predicted octanol–water partition coefficient (Wildman–Crippen LogP) is 4.91. The van der Waals surface area contributed by atoms with Crippen molar-refractivity contribution in [3.63, 3.8) is 0 Å². The zero-order chi connectivity index (χ0) is 26.0. The van der Waals surface area contributed by atoms with E-state index in [0.29, 0.717) is 55.0 Å². The van der Waals surface area contributed by atoms with Gasteiger partial charge in [-0.1, -0.05) is 35.3 Å². The van der Waals surface area contributed by atoms with Crippen LogP contribution in [0.2, 0.25) is 10.0 Å². The van der Waals surface area contributed by atoms with Gasteiger partial charge in [0.05, 0.1) is 28.8 Å². The molecule has 0 bridgehead atoms. The van der Waals surface area contributed by atoms with Crippen molar-refractivity contribution < 1.29 is 27.1 Å². The van der Waals surface area contributed by atoms with Gasteiger partial charge < -0.3 is 9.53 Å². The normalized spacial score (nSPS) is 22.8. The van der Waals surface area contributed by atoms with E-state index < -0.39 is 23.7 Å². The number of halogens is 6. The van der Waals surface area contributed by atoms with Crippen LogP contribution in [0, 0.1) is 5.82 Å². The highest BCUT2D eigenvalue weighted by atomic mass is 35.5. The second-order valence-corrected chi connectivity index (χ2v) is 10.0. The Labute approximate surface area is 217 Å². The third-order valence-corrected chi connectivity index (χ3v) is 7.68. The van der Waals surface area contributed by atoms with E-state index in [0.717, 1.165) is 24.0 Å². The van der Waals surface area contributed by atoms with Crippen LogP contribution in [0.4, 0.5) is 17.6 Å². The van der Waals surface area contributed by atoms with Gasteiger partial charge >= 0.3 is 6.18 Å². The molecule has 1 unspecified atom stereocenters. The molecule has 0 amide bonds. The first-order chi connectivity index (χ1) is 17.1. The van der Waals surface area contributed by atoms with Crippen molar-refractivity contribution in [2.75, 3.05) is 46.4 Å². The summed E-state index contributed by atoms with van der Waals surface area (Å²) in [5.41, 5.74) is 0.0809. The number of hydrogen-bond acceptors (Lipinski definition) is 5. The molecule has 0 saturated carbocycles. The summed E-state index contributed by atoms with van der Waals surface area (Å²) in [6, 6.07) is 8.32. The number of ether oxygens (including phenoxy) is 1. The summed E-state index contributed by atoms with van der Waals surface area (Å²) in [4.78, 5) is 18.3. The molecule has 0 aromatic heterocycles. The van der Waals surface area contributed by atoms with Crippen molar-refractivity contribution in [3.05, 3.63) is 69.0 Å². The largest absolute Gasteiger partial charge is 0.419 e. The average Bonchev–Trinajstić information content (AvgIpc) is 3.26. The number of morpholine rings is 1. The van der Waals surface area contributed by atoms with Gasteiger partial charge in [0.15, 0.2) is 6.29 Å². The highest BCUT2D eigenvalue weighted by Crippen LogP contribution is 2.36. The van der Waals surface area contributed by atoms with Gasteiger partial charge in [-0.15, -0.1) is 0 Å². The summed E-state index contributed by atoms with van der Waals surface area (Å²) in [6.07, 6.45) is -4.24. The van der Waals surface area contributed by atoms with Crippen LogP contribution in [0.5, 0.6) is 0 Å². The summed E-state index contributed by atoms with van der Waals surface area (Å²) < 4.78 is 58.5. The number of aldehydes is 1. The van der Waals surface area contributed by atoms with Crippen LogP contribution < -0.4 is 0 Å². The number of rotatable bonds is 7. The summed E-state index contributed by atoms with van der Waals surface area (Å²) in [5.74, 6) is -1.36. The van der Waals surface area contributed by atoms with E-state index in [9.17, 15) is 22.4 Å². The SMILES string of the molecule is CN(Cc1ccc(C(F)(F)F)c(F)c1)[C@@H]1CN(C(C=O)N2CCOCC2)C[C@@H]1c1ccc(Cl)c(Cl)c1. The first kappa shape index (κ1) is 27.3. The van der Waals surface area contributed by atoms with Crippen LogP contribution in [0.25, 0.3) is 0 Å². The lowest BCUT2D eigenvalue weighted by atomic mass is 9.93. The number of benzene rings is 2. The third-order valence-electron chi connectivity index (χ3n) is 6.94. The molecule has 0 aliphatic carbocycles. The van der Waals surface area contributed by atoms with Crippen LogP contribution in [-0.2, 0) is 22.3 Å². The number of nitrogens with zero attached hydrogens (tertiary/aromatic N) is 3. The molecule has 11 heteroatoms. The topological polar surface area (TPSA) is 36.0 Å². The van der Waals surface area contributed by atoms with Crippen LogP contribution >= 0.6 is 23.2 Å². The Bertz CT molecular complexity index is 1080. The maximum atomic E-state index is 14.2. The first-order valence-corrected chi connectivity index (χ1v) is 12.4. The second-order valence-electron chi connectivity index (χ2n) is 9.23. The van der Waals surface area contributed by atoms with Gasteiger partial charge in [-0.2, -0.15) is 13.2 Å². The molecule has 0 N–H and O–H groups in total. The molecule has 2 aliphatic heterocycles. The Kier molecular flexibility index (Phi) is 8.59. The number of alkyl halides is 3. The van der Waals surface area contributed by atoms with E-state index in [1.807, 2.05) is 18.0 Å². The molecule has 5 nitrogen and oxygen atoms in total. The van der Waals surface area contributed by atoms with Gasteiger partial charge in [-0.05, 0) is 42.4 Å². The minimum Gasteiger partial charge on any atom is -0.379 e. The fourth-order valence-corrected chi connectivity index (χ4v) is 5.39. The lowest BCUT2D eigenvalue weighted by molar-refractivity contribution is -0.140. The molecule has 0 spiro atoms. The van der Waals surface area contributed by atoms with Gasteiger partial charge in [0.25, 0.3) is 0 Å². The average molecular weight is 548 g/mol. The zero-order valence-corrected chi connectivity index (χ0v) is 21.2. The molecular weight excluding hydrogens is 521 g/mol. The standard InChI is InChI=1S/C25H27Cl2F4N3O2/c1-32(12-16-2-4-19(22(28)10-16)25(29,30)31)23-14-34(24(15-35)33-6-8-36-9-7-33)13-18(23)17-3-5-20(26)21(27)11-17/h2-5,10-11,15,18,23-24H,6-9,12-14H2,1H3/t18-,23-,24?/m1/s1. The van der Waals surface area contributed by atoms with Crippen LogP contribution in [-0.4, -0.2) is 79.6 Å². The van der Waals surface area contributed by atoms with E-state index in [1.54, 1.807) is 12.1 Å². The van der Waals surface area contributed by atoms with Crippen molar-refractivity contribution in [2.45, 2.75) is 30.8 Å². The summed E-state index contributed by atoms with van der Waals surface area (Å²) in [7, 11) is 1.85. The van der Waals surface area contributed by atoms with Gasteiger partial charge in [0.1, 0.15) is 12.0 Å². The van der Waals surface area contributed by atoms with E-state index in [2.05, 4.69) is 9.80 Å². The van der Waals surface area contributed by atoms with Gasteiger partial charge in [-0.3, -0.25) is 14.7 Å². The lowest BCUT2D eigenvalue weighted by Crippen LogP contribution is -2.53. The van der Waals surface area contributed by atoms with Crippen molar-refractivity contribution in [1.82, 2.24) is 14.7 Å². The minimum absolute atomic E-state index is 0.0625. The number of hydrogen-bond donors (Lipinski definition) is 0. The molecule has 4 rings (SSSR count). The Morgan fingerprint density at radius 2 is 1.81 bits per heavy atom. The van der Waals surface area contributed by atoms with Crippen LogP contribution in [0.1, 0.15) is 22.6 Å². The number of likely N-dealkylation sites (tertiary alicyclic amines) is 1. The molecule has 0 radical (unpaired) electrons. The molecule has 2 aliphatic rings. The molecule has 2 fully saturated rings. The van der Waals surface area contributed by atoms with Gasteiger partial charge in [0.2, 0.25) is 0 Å². The predicted molar refractivity (Wildman–Crippen MR) is 130 cm³/mol. The third kappa shape index (κ3) is 6.03. The quantitative estimate of drug-likeness (QED) is 0.363. The Morgan fingerprint density at radius 1 is 1.08 bits per heavy atom. The van der Waals surface area contributed by atoms with E-state index in [1.165, 1.54) is 6.07 Å². The summed E-state index contributed by atoms with van der Waals surface area (Å²) in [5, 5.41) is 0.846. The smallest absolute Gasteiger partial charge is 0.379 e. The van der Waals surface area contributed by atoms with E-state index >= 15 is 0 Å².